The van der Waals surface area contributed by atoms with E-state index in [-0.39, 0.29) is 12.5 Å². The zero-order valence-electron chi connectivity index (χ0n) is 23.6. The Balaban J connectivity index is 1.24. The van der Waals surface area contributed by atoms with Gasteiger partial charge in [0.05, 0.1) is 12.2 Å². The lowest BCUT2D eigenvalue weighted by Gasteiger charge is -2.34. The number of nitrogens with one attached hydrogen (secondary N) is 2. The zero-order valence-corrected chi connectivity index (χ0v) is 23.6. The fourth-order valence-electron chi connectivity index (χ4n) is 4.89. The molecule has 1 aliphatic heterocycles. The summed E-state index contributed by atoms with van der Waals surface area (Å²) in [6.45, 7) is 3.89. The zero-order chi connectivity index (χ0) is 29.4. The van der Waals surface area contributed by atoms with Crippen LogP contribution in [0.25, 0.3) is 22.5 Å². The van der Waals surface area contributed by atoms with Gasteiger partial charge in [-0.25, -0.2) is 4.98 Å². The third-order valence-electron chi connectivity index (χ3n) is 7.24. The van der Waals surface area contributed by atoms with Crippen LogP contribution in [-0.2, 0) is 0 Å². The minimum atomic E-state index is -0.241. The fourth-order valence-corrected chi connectivity index (χ4v) is 4.89. The van der Waals surface area contributed by atoms with Crippen molar-refractivity contribution in [1.29, 1.82) is 0 Å². The third-order valence-corrected chi connectivity index (χ3v) is 7.24. The van der Waals surface area contributed by atoms with E-state index in [1.165, 1.54) is 6.20 Å². The number of benzene rings is 3. The van der Waals surface area contributed by atoms with Gasteiger partial charge in [0.1, 0.15) is 5.82 Å². The number of aromatic nitrogens is 4. The van der Waals surface area contributed by atoms with Gasteiger partial charge in [-0.3, -0.25) is 9.69 Å². The highest BCUT2D eigenvalue weighted by atomic mass is 16.3. The van der Waals surface area contributed by atoms with Crippen molar-refractivity contribution in [1.82, 2.24) is 24.8 Å². The third kappa shape index (κ3) is 7.00. The summed E-state index contributed by atoms with van der Waals surface area (Å²) in [6.07, 6.45) is 1.52. The highest BCUT2D eigenvalue weighted by Gasteiger charge is 2.21. The predicted molar refractivity (Wildman–Crippen MR) is 168 cm³/mol. The topological polar surface area (TPSA) is 119 Å². The number of nitrogens with zero attached hydrogens (tertiary/aromatic N) is 6. The second-order valence-electron chi connectivity index (χ2n) is 10.2. The van der Waals surface area contributed by atoms with Crippen LogP contribution in [0.1, 0.15) is 10.4 Å². The molecule has 1 aliphatic rings. The van der Waals surface area contributed by atoms with Gasteiger partial charge in [0.25, 0.3) is 5.91 Å². The molecule has 1 saturated heterocycles. The SMILES string of the molecule is O=C(Nc1ccccc1)c1ccc(Nc2nc(-c3ccc(-c4ccccc4)cc3)nc(N3CCN(CCO)CC3)n2)nc1. The Labute approximate surface area is 250 Å². The molecular weight excluding hydrogens is 540 g/mol. The number of anilines is 4. The minimum Gasteiger partial charge on any atom is -0.395 e. The van der Waals surface area contributed by atoms with Gasteiger partial charge in [-0.2, -0.15) is 15.0 Å². The molecule has 43 heavy (non-hydrogen) atoms. The molecule has 10 heteroatoms. The first-order valence-corrected chi connectivity index (χ1v) is 14.2. The summed E-state index contributed by atoms with van der Waals surface area (Å²) in [5, 5.41) is 15.4. The van der Waals surface area contributed by atoms with Crippen LogP contribution in [0.15, 0.2) is 103 Å². The van der Waals surface area contributed by atoms with E-state index < -0.39 is 0 Å². The maximum atomic E-state index is 12.7. The standard InChI is InChI=1S/C33H32N8O2/c42-22-21-40-17-19-41(20-18-40)33-38-30(26-13-11-25(12-14-26)24-7-3-1-4-8-24)37-32(39-33)36-29-16-15-27(23-34-29)31(43)35-28-9-5-2-6-10-28/h1-16,23,42H,17-22H2,(H,35,43)(H,34,36,37,38,39). The number of β-amino-alcohol motifs (C(OH)–C–C–N with tert-alkyl or cyclic N) is 1. The summed E-state index contributed by atoms with van der Waals surface area (Å²) >= 11 is 0. The molecule has 1 amide bonds. The van der Waals surface area contributed by atoms with Crippen molar-refractivity contribution < 1.29 is 9.90 Å². The Morgan fingerprint density at radius 2 is 1.42 bits per heavy atom. The molecule has 216 valence electrons. The Hall–Kier alpha value is -5.19. The summed E-state index contributed by atoms with van der Waals surface area (Å²) in [6, 6.07) is 31.1. The number of pyridine rings is 1. The second-order valence-corrected chi connectivity index (χ2v) is 10.2. The molecule has 0 unspecified atom stereocenters. The number of aliphatic hydroxyl groups excluding tert-OH is 1. The number of piperazine rings is 1. The van der Waals surface area contributed by atoms with Crippen LogP contribution in [0.4, 0.5) is 23.4 Å². The van der Waals surface area contributed by atoms with Gasteiger partial charge < -0.3 is 20.6 Å². The van der Waals surface area contributed by atoms with Gasteiger partial charge in [0, 0.05) is 50.2 Å². The monoisotopic (exact) mass is 572 g/mol. The van der Waals surface area contributed by atoms with Gasteiger partial charge in [0.2, 0.25) is 11.9 Å². The van der Waals surface area contributed by atoms with Crippen molar-refractivity contribution in [3.05, 3.63) is 109 Å². The fraction of sp³-hybridized carbons (Fsp3) is 0.182. The molecule has 3 aromatic carbocycles. The van der Waals surface area contributed by atoms with Crippen LogP contribution in [-0.4, -0.2) is 75.2 Å². The summed E-state index contributed by atoms with van der Waals surface area (Å²) in [5.74, 6) is 1.74. The first-order chi connectivity index (χ1) is 21.1. The molecule has 3 N–H and O–H groups in total. The van der Waals surface area contributed by atoms with Crippen LogP contribution in [0.3, 0.4) is 0 Å². The summed E-state index contributed by atoms with van der Waals surface area (Å²) < 4.78 is 0. The average molecular weight is 573 g/mol. The maximum Gasteiger partial charge on any atom is 0.257 e. The molecule has 10 nitrogen and oxygen atoms in total. The maximum absolute atomic E-state index is 12.7. The molecule has 0 spiro atoms. The largest absolute Gasteiger partial charge is 0.395 e. The van der Waals surface area contributed by atoms with Crippen LogP contribution >= 0.6 is 0 Å². The highest BCUT2D eigenvalue weighted by Crippen LogP contribution is 2.26. The van der Waals surface area contributed by atoms with E-state index in [1.807, 2.05) is 60.7 Å². The average Bonchev–Trinajstić information content (AvgIpc) is 3.06. The quantitative estimate of drug-likeness (QED) is 0.231. The molecule has 3 heterocycles. The van der Waals surface area contributed by atoms with Crippen LogP contribution in [0.2, 0.25) is 0 Å². The number of para-hydroxylation sites is 1. The summed E-state index contributed by atoms with van der Waals surface area (Å²) in [4.78, 5) is 35.8. The minimum absolute atomic E-state index is 0.142. The van der Waals surface area contributed by atoms with Crippen LogP contribution in [0, 0.1) is 0 Å². The number of carbonyl (C=O) groups is 1. The molecule has 1 fully saturated rings. The lowest BCUT2D eigenvalue weighted by molar-refractivity contribution is 0.102. The Bertz CT molecular complexity index is 1640. The van der Waals surface area contributed by atoms with Crippen LogP contribution in [0.5, 0.6) is 0 Å². The molecular formula is C33H32N8O2. The van der Waals surface area contributed by atoms with Gasteiger partial charge >= 0.3 is 0 Å². The summed E-state index contributed by atoms with van der Waals surface area (Å²) in [7, 11) is 0. The van der Waals surface area contributed by atoms with Crippen molar-refractivity contribution >= 4 is 29.3 Å². The number of aliphatic hydroxyl groups is 1. The number of carbonyl (C=O) groups excluding carboxylic acids is 1. The van der Waals surface area contributed by atoms with Gasteiger partial charge in [-0.15, -0.1) is 0 Å². The van der Waals surface area contributed by atoms with E-state index in [1.54, 1.807) is 12.1 Å². The lowest BCUT2D eigenvalue weighted by atomic mass is 10.0. The van der Waals surface area contributed by atoms with E-state index >= 15 is 0 Å². The Morgan fingerprint density at radius 3 is 2.09 bits per heavy atom. The molecule has 0 bridgehead atoms. The number of hydrogen-bond donors (Lipinski definition) is 3. The number of amides is 1. The Morgan fingerprint density at radius 1 is 0.744 bits per heavy atom. The Kier molecular flexibility index (Phi) is 8.58. The lowest BCUT2D eigenvalue weighted by Crippen LogP contribution is -2.47. The van der Waals surface area contributed by atoms with Gasteiger partial charge in [0.15, 0.2) is 5.82 Å². The molecule has 5 aromatic rings. The van der Waals surface area contributed by atoms with Crippen molar-refractivity contribution in [3.8, 4) is 22.5 Å². The molecule has 0 radical (unpaired) electrons. The smallest absolute Gasteiger partial charge is 0.257 e. The van der Waals surface area contributed by atoms with E-state index in [0.717, 1.165) is 42.9 Å². The molecule has 2 aromatic heterocycles. The van der Waals surface area contributed by atoms with E-state index in [4.69, 9.17) is 15.0 Å². The predicted octanol–water partition coefficient (Wildman–Crippen LogP) is 4.71. The number of hydrogen-bond acceptors (Lipinski definition) is 9. The van der Waals surface area contributed by atoms with Gasteiger partial charge in [-0.1, -0.05) is 72.8 Å². The second kappa shape index (κ2) is 13.2. The molecule has 0 saturated carbocycles. The highest BCUT2D eigenvalue weighted by molar-refractivity contribution is 6.04. The van der Waals surface area contributed by atoms with Crippen molar-refractivity contribution in [2.75, 3.05) is 54.9 Å². The molecule has 0 atom stereocenters. The number of rotatable bonds is 9. The van der Waals surface area contributed by atoms with Crippen molar-refractivity contribution in [3.63, 3.8) is 0 Å². The first-order valence-electron chi connectivity index (χ1n) is 14.2. The molecule has 6 rings (SSSR count). The molecule has 0 aliphatic carbocycles. The first kappa shape index (κ1) is 28.0. The van der Waals surface area contributed by atoms with Crippen LogP contribution < -0.4 is 15.5 Å². The van der Waals surface area contributed by atoms with Crippen molar-refractivity contribution in [2.24, 2.45) is 0 Å². The normalized spacial score (nSPS) is 13.5. The van der Waals surface area contributed by atoms with Gasteiger partial charge in [-0.05, 0) is 35.4 Å². The van der Waals surface area contributed by atoms with E-state index in [0.29, 0.717) is 41.3 Å². The van der Waals surface area contributed by atoms with E-state index in [9.17, 15) is 9.90 Å². The summed E-state index contributed by atoms with van der Waals surface area (Å²) in [5.41, 5.74) is 4.27. The van der Waals surface area contributed by atoms with Crippen molar-refractivity contribution in [2.45, 2.75) is 0 Å². The van der Waals surface area contributed by atoms with E-state index in [2.05, 4.69) is 49.7 Å².